The van der Waals surface area contributed by atoms with Crippen LogP contribution in [0.15, 0.2) is 54.6 Å². The Labute approximate surface area is 185 Å². The van der Waals surface area contributed by atoms with Crippen LogP contribution in [0.25, 0.3) is 22.3 Å². The number of esters is 1. The maximum Gasteiger partial charge on any atom is 0.534 e. The van der Waals surface area contributed by atoms with Crippen molar-refractivity contribution in [1.29, 1.82) is 0 Å². The van der Waals surface area contributed by atoms with E-state index in [1.165, 1.54) is 43.5 Å². The third-order valence-corrected chi connectivity index (χ3v) is 5.91. The molecule has 0 N–H and O–H groups in total. The van der Waals surface area contributed by atoms with Crippen LogP contribution in [0.1, 0.15) is 15.9 Å². The number of alkyl halides is 3. The van der Waals surface area contributed by atoms with Gasteiger partial charge in [-0.2, -0.15) is 21.6 Å². The first-order chi connectivity index (χ1) is 15.5. The predicted molar refractivity (Wildman–Crippen MR) is 109 cm³/mol. The van der Waals surface area contributed by atoms with Crippen LogP contribution in [0.5, 0.6) is 11.5 Å². The number of fused-ring (bicyclic) bond motifs is 3. The summed E-state index contributed by atoms with van der Waals surface area (Å²) < 4.78 is 89.5. The van der Waals surface area contributed by atoms with Gasteiger partial charge in [0.05, 0.1) is 12.7 Å². The molecule has 0 saturated carbocycles. The van der Waals surface area contributed by atoms with Gasteiger partial charge in [0.15, 0.2) is 0 Å². The summed E-state index contributed by atoms with van der Waals surface area (Å²) in [5, 5.41) is 0. The van der Waals surface area contributed by atoms with E-state index in [9.17, 15) is 30.8 Å². The Hall–Kier alpha value is -3.60. The van der Waals surface area contributed by atoms with E-state index in [1.807, 2.05) is 0 Å². The number of benzene rings is 3. The van der Waals surface area contributed by atoms with Crippen LogP contribution in [0.2, 0.25) is 0 Å². The van der Waals surface area contributed by atoms with E-state index in [-0.39, 0.29) is 23.3 Å². The lowest BCUT2D eigenvalue weighted by atomic mass is 9.90. The Kier molecular flexibility index (Phi) is 5.52. The third-order valence-electron chi connectivity index (χ3n) is 4.93. The van der Waals surface area contributed by atoms with E-state index < -0.39 is 33.2 Å². The average molecular weight is 482 g/mol. The van der Waals surface area contributed by atoms with Crippen molar-refractivity contribution in [2.24, 2.45) is 0 Å². The second-order valence-corrected chi connectivity index (χ2v) is 8.49. The molecule has 3 aromatic rings. The molecule has 0 spiro atoms. The fourth-order valence-electron chi connectivity index (χ4n) is 3.42. The van der Waals surface area contributed by atoms with Gasteiger partial charge in [0.2, 0.25) is 0 Å². The third kappa shape index (κ3) is 4.11. The quantitative estimate of drug-likeness (QED) is 0.224. The van der Waals surface area contributed by atoms with Crippen LogP contribution >= 0.6 is 0 Å². The Morgan fingerprint density at radius 2 is 1.70 bits per heavy atom. The smallest absolute Gasteiger partial charge is 0.488 e. The fourth-order valence-corrected chi connectivity index (χ4v) is 3.88. The predicted octanol–water partition coefficient (Wildman–Crippen LogP) is 5.07. The maximum absolute atomic E-state index is 14.4. The van der Waals surface area contributed by atoms with Crippen molar-refractivity contribution in [3.8, 4) is 33.8 Å². The lowest BCUT2D eigenvalue weighted by Gasteiger charge is -2.23. The molecule has 1 aliphatic heterocycles. The minimum Gasteiger partial charge on any atom is -0.488 e. The van der Waals surface area contributed by atoms with E-state index in [2.05, 4.69) is 4.18 Å². The lowest BCUT2D eigenvalue weighted by molar-refractivity contribution is -0.0500. The number of carbonyl (C=O) groups excluding carboxylic acids is 1. The molecule has 4 rings (SSSR count). The number of ether oxygens (including phenoxy) is 2. The first-order valence-corrected chi connectivity index (χ1v) is 10.7. The topological polar surface area (TPSA) is 78.9 Å². The van der Waals surface area contributed by atoms with Gasteiger partial charge in [-0.05, 0) is 35.9 Å². The fraction of sp³-hybridized carbons (Fsp3) is 0.136. The molecule has 0 fully saturated rings. The van der Waals surface area contributed by atoms with E-state index in [0.29, 0.717) is 22.4 Å². The minimum atomic E-state index is -5.84. The minimum absolute atomic E-state index is 0.0396. The van der Waals surface area contributed by atoms with E-state index in [1.54, 1.807) is 6.07 Å². The van der Waals surface area contributed by atoms with Gasteiger partial charge in [0.1, 0.15) is 23.9 Å². The molecule has 1 aliphatic rings. The van der Waals surface area contributed by atoms with Crippen LogP contribution in [-0.4, -0.2) is 27.0 Å². The van der Waals surface area contributed by atoms with Crippen LogP contribution < -0.4 is 8.92 Å². The van der Waals surface area contributed by atoms with Crippen molar-refractivity contribution in [3.05, 3.63) is 71.5 Å². The lowest BCUT2D eigenvalue weighted by Crippen LogP contribution is -2.28. The number of hydrogen-bond donors (Lipinski definition) is 0. The number of hydrogen-bond acceptors (Lipinski definition) is 6. The molecule has 11 heteroatoms. The van der Waals surface area contributed by atoms with E-state index >= 15 is 0 Å². The van der Waals surface area contributed by atoms with Crippen molar-refractivity contribution in [3.63, 3.8) is 0 Å². The van der Waals surface area contributed by atoms with Crippen molar-refractivity contribution < 1.29 is 44.4 Å². The second kappa shape index (κ2) is 8.07. The Morgan fingerprint density at radius 1 is 0.970 bits per heavy atom. The largest absolute Gasteiger partial charge is 0.534 e. The molecule has 6 nitrogen and oxygen atoms in total. The summed E-state index contributed by atoms with van der Waals surface area (Å²) in [6.45, 7) is -0.125. The standard InChI is InChI=1S/C22H14F4O6S/c1-30-21(27)18-9-17-14-7-6-13(32-33(28,29)22(24,25)26)8-12(14)11-31-20(17)10-16(18)15-4-2-3-5-19(15)23/h2-10H,11H2,1H3. The molecule has 0 unspecified atom stereocenters. The number of halogens is 4. The monoisotopic (exact) mass is 482 g/mol. The van der Waals surface area contributed by atoms with Crippen LogP contribution in [0.3, 0.4) is 0 Å². The molecule has 1 heterocycles. The molecule has 0 amide bonds. The molecule has 0 radical (unpaired) electrons. The van der Waals surface area contributed by atoms with Crippen molar-refractivity contribution in [1.82, 2.24) is 0 Å². The summed E-state index contributed by atoms with van der Waals surface area (Å²) in [6.07, 6.45) is 0. The van der Waals surface area contributed by atoms with Crippen molar-refractivity contribution in [2.45, 2.75) is 12.1 Å². The summed E-state index contributed by atoms with van der Waals surface area (Å²) in [6, 6.07) is 12.2. The molecule has 0 aromatic heterocycles. The van der Waals surface area contributed by atoms with Gasteiger partial charge in [-0.15, -0.1) is 0 Å². The molecular formula is C22H14F4O6S. The van der Waals surface area contributed by atoms with E-state index in [0.717, 1.165) is 12.1 Å². The van der Waals surface area contributed by atoms with Crippen LogP contribution in [-0.2, 0) is 21.5 Å². The first kappa shape index (κ1) is 22.6. The Balaban J connectivity index is 1.82. The Morgan fingerprint density at radius 3 is 2.36 bits per heavy atom. The zero-order valence-electron chi connectivity index (χ0n) is 16.8. The molecule has 0 atom stereocenters. The zero-order valence-corrected chi connectivity index (χ0v) is 17.6. The summed E-state index contributed by atoms with van der Waals surface area (Å²) in [4.78, 5) is 12.4. The molecule has 0 aliphatic carbocycles. The zero-order chi connectivity index (χ0) is 24.0. The number of methoxy groups -OCH3 is 1. The summed E-state index contributed by atoms with van der Waals surface area (Å²) >= 11 is 0. The van der Waals surface area contributed by atoms with E-state index in [4.69, 9.17) is 9.47 Å². The molecule has 172 valence electrons. The molecule has 3 aromatic carbocycles. The first-order valence-electron chi connectivity index (χ1n) is 9.30. The SMILES string of the molecule is COC(=O)c1cc2c(cc1-c1ccccc1F)OCc1cc(OS(=O)(=O)C(F)(F)F)ccc1-2. The van der Waals surface area contributed by atoms with Gasteiger partial charge in [0, 0.05) is 22.3 Å². The molecule has 0 bridgehead atoms. The average Bonchev–Trinajstić information content (AvgIpc) is 2.76. The summed E-state index contributed by atoms with van der Waals surface area (Å²) in [5.74, 6) is -1.55. The normalized spacial score (nSPS) is 12.9. The highest BCUT2D eigenvalue weighted by Gasteiger charge is 2.48. The Bertz CT molecular complexity index is 1370. The highest BCUT2D eigenvalue weighted by atomic mass is 32.2. The van der Waals surface area contributed by atoms with Crippen molar-refractivity contribution in [2.75, 3.05) is 7.11 Å². The molecular weight excluding hydrogens is 468 g/mol. The summed E-state index contributed by atoms with van der Waals surface area (Å²) in [5.41, 5.74) is -3.97. The number of carbonyl (C=O) groups is 1. The van der Waals surface area contributed by atoms with Gasteiger partial charge < -0.3 is 13.7 Å². The number of rotatable bonds is 4. The molecule has 0 saturated heterocycles. The van der Waals surface area contributed by atoms with Gasteiger partial charge in [-0.1, -0.05) is 24.3 Å². The van der Waals surface area contributed by atoms with Crippen molar-refractivity contribution >= 4 is 16.1 Å². The summed E-state index contributed by atoms with van der Waals surface area (Å²) in [7, 11) is -4.67. The van der Waals surface area contributed by atoms with Gasteiger partial charge >= 0.3 is 21.6 Å². The molecule has 33 heavy (non-hydrogen) atoms. The highest BCUT2D eigenvalue weighted by Crippen LogP contribution is 2.43. The van der Waals surface area contributed by atoms with Gasteiger partial charge in [-0.3, -0.25) is 0 Å². The highest BCUT2D eigenvalue weighted by molar-refractivity contribution is 7.88. The van der Waals surface area contributed by atoms with Crippen LogP contribution in [0, 0.1) is 5.82 Å². The van der Waals surface area contributed by atoms with Gasteiger partial charge in [0.25, 0.3) is 0 Å². The van der Waals surface area contributed by atoms with Gasteiger partial charge in [-0.25, -0.2) is 9.18 Å². The maximum atomic E-state index is 14.4. The van der Waals surface area contributed by atoms with Crippen LogP contribution in [0.4, 0.5) is 17.6 Å². The second-order valence-electron chi connectivity index (χ2n) is 6.96.